The van der Waals surface area contributed by atoms with Crippen LogP contribution in [0, 0.1) is 19.5 Å². The fourth-order valence-corrected chi connectivity index (χ4v) is 1.23. The van der Waals surface area contributed by atoms with Gasteiger partial charge in [0.05, 0.1) is 5.69 Å². The molecule has 0 aliphatic carbocycles. The molecular weight excluding hydrogens is 189 g/mol. The molecule has 0 atom stereocenters. The maximum Gasteiger partial charge on any atom is 0.123 e. The first-order valence-corrected chi connectivity index (χ1v) is 4.36. The van der Waals surface area contributed by atoms with Crippen LogP contribution in [-0.4, -0.2) is 4.98 Å². The Labute approximate surface area is 97.0 Å². The van der Waals surface area contributed by atoms with Gasteiger partial charge in [0.2, 0.25) is 0 Å². The van der Waals surface area contributed by atoms with Gasteiger partial charge in [-0.1, -0.05) is 0 Å². The van der Waals surface area contributed by atoms with Crippen LogP contribution in [0.5, 0.6) is 0 Å². The van der Waals surface area contributed by atoms with Gasteiger partial charge in [0.15, 0.2) is 0 Å². The lowest BCUT2D eigenvalue weighted by Gasteiger charge is -2.04. The Kier molecular flexibility index (Phi) is 1.24. The fourth-order valence-electron chi connectivity index (χ4n) is 1.23. The van der Waals surface area contributed by atoms with Gasteiger partial charge in [-0.25, -0.2) is 4.39 Å². The molecule has 2 heteroatoms. The number of aromatic nitrogens is 1. The lowest BCUT2D eigenvalue weighted by atomic mass is 10.1. The van der Waals surface area contributed by atoms with Crippen molar-refractivity contribution in [2.75, 3.05) is 0 Å². The summed E-state index contributed by atoms with van der Waals surface area (Å²) in [4.78, 5) is 3.99. The summed E-state index contributed by atoms with van der Waals surface area (Å²) in [6.07, 6.45) is 1.05. The van der Waals surface area contributed by atoms with E-state index in [0.29, 0.717) is 5.56 Å². The van der Waals surface area contributed by atoms with E-state index in [4.69, 9.17) is 8.22 Å². The summed E-state index contributed by atoms with van der Waals surface area (Å²) in [5.74, 6) is -0.422. The highest BCUT2D eigenvalue weighted by Crippen LogP contribution is 2.19. The highest BCUT2D eigenvalue weighted by molar-refractivity contribution is 5.59. The standard InChI is InChI=1S/C13H12FN/c1-9-7-13(15-8-10(9)2)11-3-5-12(14)6-4-11/h3-8H,1-2H3/i1D3,2D3. The van der Waals surface area contributed by atoms with Crippen LogP contribution in [0.2, 0.25) is 0 Å². The Morgan fingerprint density at radius 1 is 1.13 bits per heavy atom. The quantitative estimate of drug-likeness (QED) is 0.697. The third kappa shape index (κ3) is 2.04. The first kappa shape index (κ1) is 4.88. The first-order valence-electron chi connectivity index (χ1n) is 7.36. The van der Waals surface area contributed by atoms with Crippen LogP contribution in [0.1, 0.15) is 19.4 Å². The number of hydrogen-bond donors (Lipinski definition) is 0. The summed E-state index contributed by atoms with van der Waals surface area (Å²) >= 11 is 0. The minimum absolute atomic E-state index is 0.267. The molecule has 2 aromatic rings. The highest BCUT2D eigenvalue weighted by atomic mass is 19.1. The number of aryl methyl sites for hydroxylation is 2. The maximum atomic E-state index is 12.9. The van der Waals surface area contributed by atoms with E-state index in [1.165, 1.54) is 30.3 Å². The average Bonchev–Trinajstić information content (AvgIpc) is 2.37. The van der Waals surface area contributed by atoms with E-state index in [1.54, 1.807) is 0 Å². The Bertz CT molecular complexity index is 645. The zero-order chi connectivity index (χ0) is 15.8. The molecule has 0 amide bonds. The van der Waals surface area contributed by atoms with Crippen LogP contribution in [0.4, 0.5) is 4.39 Å². The van der Waals surface area contributed by atoms with E-state index >= 15 is 0 Å². The second-order valence-corrected chi connectivity index (χ2v) is 3.12. The number of halogens is 1. The van der Waals surface area contributed by atoms with E-state index in [0.717, 1.165) is 6.20 Å². The van der Waals surface area contributed by atoms with Crippen LogP contribution in [-0.2, 0) is 0 Å². The molecule has 0 aliphatic rings. The lowest BCUT2D eigenvalue weighted by molar-refractivity contribution is 0.628. The van der Waals surface area contributed by atoms with E-state index in [9.17, 15) is 4.39 Å². The summed E-state index contributed by atoms with van der Waals surface area (Å²) < 4.78 is 57.5. The minimum atomic E-state index is -2.57. The Morgan fingerprint density at radius 2 is 1.87 bits per heavy atom. The van der Waals surface area contributed by atoms with Crippen molar-refractivity contribution in [1.29, 1.82) is 0 Å². The molecule has 1 nitrogen and oxygen atoms in total. The SMILES string of the molecule is [2H]C([2H])([2H])c1cnc(-c2ccc(F)cc2)cc1C([2H])([2H])[2H]. The Morgan fingerprint density at radius 3 is 2.53 bits per heavy atom. The number of nitrogens with zero attached hydrogens (tertiary/aromatic N) is 1. The highest BCUT2D eigenvalue weighted by Gasteiger charge is 2.01. The van der Waals surface area contributed by atoms with E-state index in [-0.39, 0.29) is 16.8 Å². The van der Waals surface area contributed by atoms with Crippen molar-refractivity contribution in [3.63, 3.8) is 0 Å². The molecule has 15 heavy (non-hydrogen) atoms. The molecule has 0 saturated heterocycles. The first-order chi connectivity index (χ1) is 9.59. The molecule has 0 spiro atoms. The number of benzene rings is 1. The minimum Gasteiger partial charge on any atom is -0.256 e. The smallest absolute Gasteiger partial charge is 0.123 e. The van der Waals surface area contributed by atoms with Crippen molar-refractivity contribution in [1.82, 2.24) is 4.98 Å². The topological polar surface area (TPSA) is 12.9 Å². The molecule has 1 heterocycles. The zero-order valence-electron chi connectivity index (χ0n) is 13.8. The van der Waals surface area contributed by atoms with Gasteiger partial charge >= 0.3 is 0 Å². The lowest BCUT2D eigenvalue weighted by Crippen LogP contribution is -1.88. The average molecular weight is 207 g/mol. The van der Waals surface area contributed by atoms with Crippen LogP contribution in [0.3, 0.4) is 0 Å². The third-order valence-corrected chi connectivity index (χ3v) is 2.04. The molecule has 0 saturated carbocycles. The van der Waals surface area contributed by atoms with Gasteiger partial charge in [0.25, 0.3) is 0 Å². The van der Waals surface area contributed by atoms with Crippen LogP contribution >= 0.6 is 0 Å². The summed E-state index contributed by atoms with van der Waals surface area (Å²) in [6.45, 7) is -5.13. The summed E-state index contributed by atoms with van der Waals surface area (Å²) in [5.41, 5.74) is 0.235. The largest absolute Gasteiger partial charge is 0.256 e. The Balaban J connectivity index is 2.60. The van der Waals surface area contributed by atoms with Crippen molar-refractivity contribution in [3.05, 3.63) is 53.5 Å². The molecule has 0 aliphatic heterocycles. The van der Waals surface area contributed by atoms with Gasteiger partial charge in [0.1, 0.15) is 5.82 Å². The van der Waals surface area contributed by atoms with Crippen LogP contribution in [0.15, 0.2) is 36.5 Å². The molecule has 0 bridgehead atoms. The maximum absolute atomic E-state index is 12.9. The van der Waals surface area contributed by atoms with Crippen LogP contribution in [0.25, 0.3) is 11.3 Å². The second-order valence-electron chi connectivity index (χ2n) is 3.12. The molecular formula is C13H12FN. The van der Waals surface area contributed by atoms with Gasteiger partial charge < -0.3 is 0 Å². The third-order valence-electron chi connectivity index (χ3n) is 2.04. The zero-order valence-corrected chi connectivity index (χ0v) is 7.79. The van der Waals surface area contributed by atoms with Gasteiger partial charge in [-0.3, -0.25) is 4.98 Å². The molecule has 0 unspecified atom stereocenters. The normalized spacial score (nSPS) is 17.9. The van der Waals surface area contributed by atoms with E-state index in [2.05, 4.69) is 4.98 Å². The number of rotatable bonds is 1. The van der Waals surface area contributed by atoms with Crippen molar-refractivity contribution in [2.45, 2.75) is 13.7 Å². The van der Waals surface area contributed by atoms with Gasteiger partial charge in [-0.05, 0) is 55.2 Å². The van der Waals surface area contributed by atoms with Crippen molar-refractivity contribution in [3.8, 4) is 11.3 Å². The molecule has 0 N–H and O–H groups in total. The molecule has 76 valence electrons. The monoisotopic (exact) mass is 207 g/mol. The van der Waals surface area contributed by atoms with Gasteiger partial charge in [-0.2, -0.15) is 0 Å². The predicted molar refractivity (Wildman–Crippen MR) is 59.1 cm³/mol. The van der Waals surface area contributed by atoms with Crippen molar-refractivity contribution >= 4 is 0 Å². The van der Waals surface area contributed by atoms with Crippen molar-refractivity contribution in [2.24, 2.45) is 0 Å². The summed E-state index contributed by atoms with van der Waals surface area (Å²) in [6, 6.07) is 6.58. The molecule has 0 radical (unpaired) electrons. The number of hydrogen-bond acceptors (Lipinski definition) is 1. The summed E-state index contributed by atoms with van der Waals surface area (Å²) in [5, 5.41) is 0. The second kappa shape index (κ2) is 3.81. The molecule has 1 aromatic heterocycles. The van der Waals surface area contributed by atoms with Gasteiger partial charge in [-0.15, -0.1) is 0 Å². The van der Waals surface area contributed by atoms with E-state index in [1.807, 2.05) is 0 Å². The molecule has 1 aromatic carbocycles. The number of pyridine rings is 1. The van der Waals surface area contributed by atoms with Crippen LogP contribution < -0.4 is 0 Å². The van der Waals surface area contributed by atoms with Gasteiger partial charge in [0, 0.05) is 20.0 Å². The molecule has 0 fully saturated rings. The van der Waals surface area contributed by atoms with Crippen molar-refractivity contribution < 1.29 is 12.6 Å². The fraction of sp³-hybridized carbons (Fsp3) is 0.154. The molecule has 2 rings (SSSR count). The van der Waals surface area contributed by atoms with E-state index < -0.39 is 19.5 Å². The Hall–Kier alpha value is -1.70. The predicted octanol–water partition coefficient (Wildman–Crippen LogP) is 3.50. The summed E-state index contributed by atoms with van der Waals surface area (Å²) in [7, 11) is 0.